The molecule has 2 aliphatic rings. The smallest absolute Gasteiger partial charge is 0.257 e. The van der Waals surface area contributed by atoms with Crippen molar-refractivity contribution >= 4 is 29.4 Å². The summed E-state index contributed by atoms with van der Waals surface area (Å²) < 4.78 is 5.11. The van der Waals surface area contributed by atoms with Crippen molar-refractivity contribution in [3.63, 3.8) is 0 Å². The molecule has 2 aromatic heterocycles. The molecule has 6 nitrogen and oxygen atoms in total. The van der Waals surface area contributed by atoms with Gasteiger partial charge in [0.15, 0.2) is 0 Å². The zero-order valence-electron chi connectivity index (χ0n) is 13.1. The zero-order chi connectivity index (χ0) is 15.1. The molecule has 0 unspecified atom stereocenters. The SMILES string of the molecule is Cc1noc2ncc(C(=O)N3CC[C@@H]4CNC[C@@H]4CC3)cc12.Cl. The zero-order valence-corrected chi connectivity index (χ0v) is 13.9. The molecule has 0 aromatic carbocycles. The van der Waals surface area contributed by atoms with E-state index in [2.05, 4.69) is 15.5 Å². The average Bonchev–Trinajstić information content (AvgIpc) is 3.08. The van der Waals surface area contributed by atoms with Crippen LogP contribution in [0.2, 0.25) is 0 Å². The molecule has 1 amide bonds. The Morgan fingerprint density at radius 2 is 2.00 bits per heavy atom. The van der Waals surface area contributed by atoms with Gasteiger partial charge in [-0.15, -0.1) is 12.4 Å². The Hall–Kier alpha value is -1.66. The lowest BCUT2D eigenvalue weighted by Crippen LogP contribution is -2.32. The number of pyridine rings is 1. The molecule has 0 aliphatic carbocycles. The van der Waals surface area contributed by atoms with E-state index in [1.54, 1.807) is 6.20 Å². The first-order chi connectivity index (χ1) is 10.7. The molecule has 0 radical (unpaired) electrons. The van der Waals surface area contributed by atoms with Crippen LogP contribution in [0.5, 0.6) is 0 Å². The van der Waals surface area contributed by atoms with Crippen molar-refractivity contribution < 1.29 is 9.32 Å². The molecule has 4 heterocycles. The van der Waals surface area contributed by atoms with E-state index in [9.17, 15) is 4.79 Å². The largest absolute Gasteiger partial charge is 0.339 e. The summed E-state index contributed by atoms with van der Waals surface area (Å²) in [4.78, 5) is 19.0. The van der Waals surface area contributed by atoms with Crippen molar-refractivity contribution in [1.82, 2.24) is 20.4 Å². The number of likely N-dealkylation sites (tertiary alicyclic amines) is 1. The lowest BCUT2D eigenvalue weighted by atomic mass is 9.92. The number of rotatable bonds is 1. The monoisotopic (exact) mass is 336 g/mol. The maximum Gasteiger partial charge on any atom is 0.257 e. The van der Waals surface area contributed by atoms with Crippen molar-refractivity contribution in [1.29, 1.82) is 0 Å². The normalized spacial score (nSPS) is 24.1. The highest BCUT2D eigenvalue weighted by atomic mass is 35.5. The Morgan fingerprint density at radius 3 is 2.70 bits per heavy atom. The van der Waals surface area contributed by atoms with Gasteiger partial charge in [-0.2, -0.15) is 0 Å². The number of hydrogen-bond acceptors (Lipinski definition) is 5. The number of aromatic nitrogens is 2. The topological polar surface area (TPSA) is 71.3 Å². The van der Waals surface area contributed by atoms with Crippen LogP contribution in [0.1, 0.15) is 28.9 Å². The molecule has 2 saturated heterocycles. The first kappa shape index (κ1) is 16.2. The molecule has 2 aromatic rings. The van der Waals surface area contributed by atoms with Gasteiger partial charge in [-0.05, 0) is 50.8 Å². The summed E-state index contributed by atoms with van der Waals surface area (Å²) in [7, 11) is 0. The first-order valence-corrected chi connectivity index (χ1v) is 7.94. The van der Waals surface area contributed by atoms with Crippen LogP contribution in [0, 0.1) is 18.8 Å². The third-order valence-electron chi connectivity index (χ3n) is 5.06. The van der Waals surface area contributed by atoms with Gasteiger partial charge in [-0.1, -0.05) is 5.16 Å². The second-order valence-electron chi connectivity index (χ2n) is 6.39. The van der Waals surface area contributed by atoms with Gasteiger partial charge in [-0.3, -0.25) is 4.79 Å². The number of halogens is 1. The highest BCUT2D eigenvalue weighted by Gasteiger charge is 2.31. The number of fused-ring (bicyclic) bond motifs is 2. The molecule has 124 valence electrons. The van der Waals surface area contributed by atoms with Gasteiger partial charge >= 0.3 is 0 Å². The molecule has 7 heteroatoms. The van der Waals surface area contributed by atoms with E-state index in [1.165, 1.54) is 0 Å². The maximum absolute atomic E-state index is 12.8. The van der Waals surface area contributed by atoms with Crippen LogP contribution in [-0.4, -0.2) is 47.1 Å². The molecule has 0 spiro atoms. The summed E-state index contributed by atoms with van der Waals surface area (Å²) in [6.07, 6.45) is 3.78. The van der Waals surface area contributed by atoms with Gasteiger partial charge in [0.2, 0.25) is 0 Å². The quantitative estimate of drug-likeness (QED) is 0.862. The van der Waals surface area contributed by atoms with Crippen LogP contribution in [-0.2, 0) is 0 Å². The Balaban J connectivity index is 0.00000156. The Morgan fingerprint density at radius 1 is 1.30 bits per heavy atom. The van der Waals surface area contributed by atoms with E-state index in [4.69, 9.17) is 4.52 Å². The molecule has 4 rings (SSSR count). The fraction of sp³-hybridized carbons (Fsp3) is 0.562. The van der Waals surface area contributed by atoms with Crippen LogP contribution in [0.25, 0.3) is 11.1 Å². The third-order valence-corrected chi connectivity index (χ3v) is 5.06. The lowest BCUT2D eigenvalue weighted by molar-refractivity contribution is 0.0758. The van der Waals surface area contributed by atoms with Crippen LogP contribution < -0.4 is 5.32 Å². The van der Waals surface area contributed by atoms with Crippen molar-refractivity contribution in [2.24, 2.45) is 11.8 Å². The number of carbonyl (C=O) groups is 1. The number of nitrogens with zero attached hydrogens (tertiary/aromatic N) is 3. The molecular weight excluding hydrogens is 316 g/mol. The number of aryl methyl sites for hydroxylation is 1. The van der Waals surface area contributed by atoms with Crippen LogP contribution >= 0.6 is 12.4 Å². The Kier molecular flexibility index (Phi) is 4.55. The van der Waals surface area contributed by atoms with Crippen molar-refractivity contribution in [3.05, 3.63) is 23.5 Å². The summed E-state index contributed by atoms with van der Waals surface area (Å²) in [5.41, 5.74) is 1.89. The minimum absolute atomic E-state index is 0. The summed E-state index contributed by atoms with van der Waals surface area (Å²) in [6.45, 7) is 5.73. The van der Waals surface area contributed by atoms with Crippen molar-refractivity contribution in [2.75, 3.05) is 26.2 Å². The molecule has 0 bridgehead atoms. The van der Waals surface area contributed by atoms with E-state index in [1.807, 2.05) is 17.9 Å². The number of carbonyl (C=O) groups excluding carboxylic acids is 1. The van der Waals surface area contributed by atoms with Crippen molar-refractivity contribution in [2.45, 2.75) is 19.8 Å². The molecule has 2 aliphatic heterocycles. The summed E-state index contributed by atoms with van der Waals surface area (Å²) in [6, 6.07) is 1.85. The molecular formula is C16H21ClN4O2. The number of amides is 1. The molecule has 2 atom stereocenters. The number of hydrogen-bond donors (Lipinski definition) is 1. The summed E-state index contributed by atoms with van der Waals surface area (Å²) >= 11 is 0. The fourth-order valence-corrected chi connectivity index (χ4v) is 3.67. The number of nitrogens with one attached hydrogen (secondary N) is 1. The average molecular weight is 337 g/mol. The van der Waals surface area contributed by atoms with E-state index < -0.39 is 0 Å². The molecule has 23 heavy (non-hydrogen) atoms. The van der Waals surface area contributed by atoms with Gasteiger partial charge in [0.1, 0.15) is 0 Å². The Bertz CT molecular complexity index is 703. The maximum atomic E-state index is 12.8. The second kappa shape index (κ2) is 6.45. The molecule has 1 N–H and O–H groups in total. The standard InChI is InChI=1S/C16H20N4O2.ClH/c1-10-14-6-13(9-18-15(14)22-19-10)16(21)20-4-2-11-7-17-8-12(11)3-5-20;/h6,9,11-12,17H,2-5,7-8H2,1H3;1H/t11-,12+;. The van der Waals surface area contributed by atoms with Gasteiger partial charge in [0.25, 0.3) is 11.6 Å². The molecule has 0 saturated carbocycles. The van der Waals surface area contributed by atoms with E-state index >= 15 is 0 Å². The predicted molar refractivity (Wildman–Crippen MR) is 88.8 cm³/mol. The van der Waals surface area contributed by atoms with Crippen LogP contribution in [0.3, 0.4) is 0 Å². The van der Waals surface area contributed by atoms with Gasteiger partial charge in [0.05, 0.1) is 16.6 Å². The molecule has 2 fully saturated rings. The van der Waals surface area contributed by atoms with Crippen LogP contribution in [0.4, 0.5) is 0 Å². The fourth-order valence-electron chi connectivity index (χ4n) is 3.67. The van der Waals surface area contributed by atoms with Crippen LogP contribution in [0.15, 0.2) is 16.8 Å². The van der Waals surface area contributed by atoms with Gasteiger partial charge in [0, 0.05) is 19.3 Å². The summed E-state index contributed by atoms with van der Waals surface area (Å²) in [5.74, 6) is 1.51. The summed E-state index contributed by atoms with van der Waals surface area (Å²) in [5, 5.41) is 8.17. The first-order valence-electron chi connectivity index (χ1n) is 7.94. The van der Waals surface area contributed by atoms with Crippen molar-refractivity contribution in [3.8, 4) is 0 Å². The predicted octanol–water partition coefficient (Wildman–Crippen LogP) is 2.02. The second-order valence-corrected chi connectivity index (χ2v) is 6.39. The van der Waals surface area contributed by atoms with Gasteiger partial charge in [-0.25, -0.2) is 4.98 Å². The minimum Gasteiger partial charge on any atom is -0.339 e. The highest BCUT2D eigenvalue weighted by Crippen LogP contribution is 2.28. The minimum atomic E-state index is 0. The van der Waals surface area contributed by atoms with E-state index in [0.717, 1.165) is 61.9 Å². The highest BCUT2D eigenvalue weighted by molar-refractivity contribution is 5.97. The van der Waals surface area contributed by atoms with E-state index in [-0.39, 0.29) is 18.3 Å². The van der Waals surface area contributed by atoms with E-state index in [0.29, 0.717) is 11.3 Å². The lowest BCUT2D eigenvalue weighted by Gasteiger charge is -2.20. The van der Waals surface area contributed by atoms with Gasteiger partial charge < -0.3 is 14.7 Å². The Labute approximate surface area is 141 Å². The third kappa shape index (κ3) is 2.93.